The van der Waals surface area contributed by atoms with E-state index in [9.17, 15) is 10.1 Å². The maximum atomic E-state index is 11.2. The number of hydrogen-bond donors (Lipinski definition) is 1. The molecule has 1 N–H and O–H groups in total. The average Bonchev–Trinajstić information content (AvgIpc) is 2.81. The number of nitrogens with zero attached hydrogens (tertiary/aromatic N) is 3. The number of nitro benzene ring substituents is 1. The lowest BCUT2D eigenvalue weighted by molar-refractivity contribution is -0.382. The Morgan fingerprint density at radius 2 is 2.26 bits per heavy atom. The van der Waals surface area contributed by atoms with Crippen LogP contribution in [0.1, 0.15) is 6.42 Å². The van der Waals surface area contributed by atoms with E-state index >= 15 is 0 Å². The summed E-state index contributed by atoms with van der Waals surface area (Å²) in [5.74, 6) is 0. The summed E-state index contributed by atoms with van der Waals surface area (Å²) in [5.41, 5.74) is 2.71. The number of rotatable bonds is 6. The molecule has 0 spiro atoms. The van der Waals surface area contributed by atoms with Gasteiger partial charge in [-0.3, -0.25) is 10.1 Å². The second-order valence-electron chi connectivity index (χ2n) is 4.50. The number of nitrogens with one attached hydrogen (secondary N) is 1. The predicted octanol–water partition coefficient (Wildman–Crippen LogP) is 2.57. The first-order chi connectivity index (χ1) is 9.09. The largest absolute Gasteiger partial charge is 0.379 e. The summed E-state index contributed by atoms with van der Waals surface area (Å²) in [7, 11) is 4.01. The molecule has 6 nitrogen and oxygen atoms in total. The van der Waals surface area contributed by atoms with Gasteiger partial charge in [0.25, 0.3) is 0 Å². The number of aromatic nitrogens is 1. The number of benzene rings is 1. The van der Waals surface area contributed by atoms with Crippen LogP contribution in [0.2, 0.25) is 0 Å². The molecule has 7 heteroatoms. The van der Waals surface area contributed by atoms with Gasteiger partial charge in [0.05, 0.1) is 15.1 Å². The zero-order chi connectivity index (χ0) is 13.8. The van der Waals surface area contributed by atoms with E-state index in [1.54, 1.807) is 11.6 Å². The van der Waals surface area contributed by atoms with Crippen LogP contribution in [0.15, 0.2) is 17.6 Å². The van der Waals surface area contributed by atoms with Crippen LogP contribution in [0.25, 0.3) is 10.2 Å². The van der Waals surface area contributed by atoms with Gasteiger partial charge in [0.15, 0.2) is 5.52 Å². The molecule has 2 rings (SSSR count). The minimum Gasteiger partial charge on any atom is -0.379 e. The lowest BCUT2D eigenvalue weighted by Gasteiger charge is -2.10. The second-order valence-corrected chi connectivity index (χ2v) is 5.39. The molecule has 0 bridgehead atoms. The molecular formula is C12H16N4O2S. The third-order valence-corrected chi connectivity index (χ3v) is 3.55. The van der Waals surface area contributed by atoms with Crippen LogP contribution in [0, 0.1) is 10.1 Å². The van der Waals surface area contributed by atoms with Gasteiger partial charge in [-0.05, 0) is 39.2 Å². The molecule has 1 aromatic carbocycles. The molecule has 0 radical (unpaired) electrons. The first-order valence-corrected chi connectivity index (χ1v) is 6.86. The Morgan fingerprint density at radius 3 is 2.95 bits per heavy atom. The average molecular weight is 280 g/mol. The third kappa shape index (κ3) is 3.18. The molecule has 19 heavy (non-hydrogen) atoms. The molecule has 1 heterocycles. The SMILES string of the molecule is CN(C)CCCNc1ccc2scnc2c1[N+](=O)[O-]. The zero-order valence-electron chi connectivity index (χ0n) is 10.9. The highest BCUT2D eigenvalue weighted by Crippen LogP contribution is 2.34. The van der Waals surface area contributed by atoms with E-state index in [1.165, 1.54) is 11.3 Å². The monoisotopic (exact) mass is 280 g/mol. The van der Waals surface area contributed by atoms with E-state index in [0.29, 0.717) is 17.7 Å². The Hall–Kier alpha value is -1.73. The van der Waals surface area contributed by atoms with Crippen LogP contribution in [-0.4, -0.2) is 42.0 Å². The van der Waals surface area contributed by atoms with Crippen molar-refractivity contribution in [2.45, 2.75) is 6.42 Å². The minimum absolute atomic E-state index is 0.0728. The summed E-state index contributed by atoms with van der Waals surface area (Å²) in [5, 5.41) is 14.3. The van der Waals surface area contributed by atoms with Crippen molar-refractivity contribution in [3.63, 3.8) is 0 Å². The van der Waals surface area contributed by atoms with Crippen molar-refractivity contribution in [3.8, 4) is 0 Å². The molecule has 0 aliphatic rings. The van der Waals surface area contributed by atoms with E-state index in [4.69, 9.17) is 0 Å². The maximum absolute atomic E-state index is 11.2. The highest BCUT2D eigenvalue weighted by Gasteiger charge is 2.20. The number of anilines is 1. The summed E-state index contributed by atoms with van der Waals surface area (Å²) in [4.78, 5) is 17.0. The number of hydrogen-bond acceptors (Lipinski definition) is 6. The third-order valence-electron chi connectivity index (χ3n) is 2.76. The molecule has 102 valence electrons. The van der Waals surface area contributed by atoms with Crippen molar-refractivity contribution in [1.29, 1.82) is 0 Å². The summed E-state index contributed by atoms with van der Waals surface area (Å²) >= 11 is 1.41. The smallest absolute Gasteiger partial charge is 0.319 e. The molecule has 0 unspecified atom stereocenters. The highest BCUT2D eigenvalue weighted by molar-refractivity contribution is 7.16. The van der Waals surface area contributed by atoms with Crippen molar-refractivity contribution >= 4 is 32.9 Å². The van der Waals surface area contributed by atoms with Gasteiger partial charge in [0.2, 0.25) is 0 Å². The van der Waals surface area contributed by atoms with Crippen molar-refractivity contribution < 1.29 is 4.92 Å². The van der Waals surface area contributed by atoms with Gasteiger partial charge in [0, 0.05) is 6.54 Å². The van der Waals surface area contributed by atoms with Crippen molar-refractivity contribution in [2.75, 3.05) is 32.5 Å². The lowest BCUT2D eigenvalue weighted by Crippen LogP contribution is -2.16. The molecule has 0 atom stereocenters. The fourth-order valence-electron chi connectivity index (χ4n) is 1.86. The molecular weight excluding hydrogens is 264 g/mol. The van der Waals surface area contributed by atoms with Gasteiger partial charge >= 0.3 is 5.69 Å². The molecule has 1 aromatic heterocycles. The second kappa shape index (κ2) is 5.94. The number of thiazole rings is 1. The highest BCUT2D eigenvalue weighted by atomic mass is 32.1. The van der Waals surface area contributed by atoms with Crippen molar-refractivity contribution in [2.24, 2.45) is 0 Å². The summed E-state index contributed by atoms with van der Waals surface area (Å²) in [6, 6.07) is 3.63. The summed E-state index contributed by atoms with van der Waals surface area (Å²) in [6.45, 7) is 1.65. The molecule has 0 saturated carbocycles. The Labute approximate surface area is 115 Å². The first kappa shape index (κ1) is 13.7. The van der Waals surface area contributed by atoms with Crippen LogP contribution >= 0.6 is 11.3 Å². The molecule has 0 aliphatic heterocycles. The van der Waals surface area contributed by atoms with Crippen molar-refractivity contribution in [3.05, 3.63) is 27.8 Å². The number of fused-ring (bicyclic) bond motifs is 1. The standard InChI is InChI=1S/C12H16N4O2S/c1-15(2)7-3-6-13-9-4-5-10-11(14-8-19-10)12(9)16(17)18/h4-5,8,13H,3,6-7H2,1-2H3. The van der Waals surface area contributed by atoms with Crippen LogP contribution in [-0.2, 0) is 0 Å². The molecule has 0 aliphatic carbocycles. The molecule has 0 amide bonds. The van der Waals surface area contributed by atoms with Gasteiger partial charge in [-0.15, -0.1) is 11.3 Å². The van der Waals surface area contributed by atoms with Crippen LogP contribution in [0.3, 0.4) is 0 Å². The number of nitro groups is 1. The molecule has 0 fully saturated rings. The maximum Gasteiger partial charge on any atom is 0.319 e. The predicted molar refractivity (Wildman–Crippen MR) is 77.9 cm³/mol. The van der Waals surface area contributed by atoms with E-state index < -0.39 is 0 Å². The zero-order valence-corrected chi connectivity index (χ0v) is 11.7. The van der Waals surface area contributed by atoms with Crippen LogP contribution < -0.4 is 5.32 Å². The normalized spacial score (nSPS) is 11.1. The van der Waals surface area contributed by atoms with Gasteiger partial charge in [-0.2, -0.15) is 0 Å². The Bertz CT molecular complexity index is 582. The van der Waals surface area contributed by atoms with Gasteiger partial charge in [0.1, 0.15) is 5.69 Å². The van der Waals surface area contributed by atoms with Gasteiger partial charge < -0.3 is 10.2 Å². The Kier molecular flexibility index (Phi) is 4.28. The lowest BCUT2D eigenvalue weighted by atomic mass is 10.2. The minimum atomic E-state index is -0.365. The fraction of sp³-hybridized carbons (Fsp3) is 0.417. The first-order valence-electron chi connectivity index (χ1n) is 5.99. The van der Waals surface area contributed by atoms with E-state index in [1.807, 2.05) is 20.2 Å². The van der Waals surface area contributed by atoms with E-state index in [2.05, 4.69) is 15.2 Å². The Morgan fingerprint density at radius 1 is 1.47 bits per heavy atom. The topological polar surface area (TPSA) is 71.3 Å². The van der Waals surface area contributed by atoms with Gasteiger partial charge in [-0.1, -0.05) is 0 Å². The Balaban J connectivity index is 2.17. The van der Waals surface area contributed by atoms with E-state index in [-0.39, 0.29) is 10.6 Å². The fourth-order valence-corrected chi connectivity index (χ4v) is 2.54. The molecule has 2 aromatic rings. The quantitative estimate of drug-likeness (QED) is 0.500. The van der Waals surface area contributed by atoms with Gasteiger partial charge in [-0.25, -0.2) is 4.98 Å². The van der Waals surface area contributed by atoms with Crippen LogP contribution in [0.4, 0.5) is 11.4 Å². The summed E-state index contributed by atoms with van der Waals surface area (Å²) in [6.07, 6.45) is 0.930. The summed E-state index contributed by atoms with van der Waals surface area (Å²) < 4.78 is 0.838. The van der Waals surface area contributed by atoms with E-state index in [0.717, 1.165) is 17.7 Å². The van der Waals surface area contributed by atoms with Crippen LogP contribution in [0.5, 0.6) is 0 Å². The van der Waals surface area contributed by atoms with Crippen molar-refractivity contribution in [1.82, 2.24) is 9.88 Å². The molecule has 0 saturated heterocycles.